The molecule has 0 bridgehead atoms. The molecule has 9 aromatic carbocycles. The molecule has 72 heavy (non-hydrogen) atoms. The topological polar surface area (TPSA) is 109 Å². The van der Waals surface area contributed by atoms with E-state index < -0.39 is 0 Å². The van der Waals surface area contributed by atoms with Crippen LogP contribution in [0.4, 0.5) is 17.1 Å². The van der Waals surface area contributed by atoms with Crippen LogP contribution in [0.2, 0.25) is 0 Å². The third kappa shape index (κ3) is 7.04. The highest BCUT2D eigenvalue weighted by Crippen LogP contribution is 2.46. The second-order valence-corrected chi connectivity index (χ2v) is 17.1. The van der Waals surface area contributed by atoms with Crippen molar-refractivity contribution in [3.63, 3.8) is 0 Å². The van der Waals surface area contributed by atoms with Crippen LogP contribution < -0.4 is 0 Å². The van der Waals surface area contributed by atoms with Crippen molar-refractivity contribution >= 4 is 60.7 Å². The van der Waals surface area contributed by atoms with Crippen molar-refractivity contribution in [1.82, 2.24) is 24.1 Å². The SMILES string of the molecule is [C-]#[N+]c1ccc2c(c1)c1cc(C#N)ccc1n2-c1ccc(-c2ccc(C#N)cc2)cc1-c1cccc(-n2c3ccc([N+]#[C-])cc3c3cc([N+]#[C-])ccc32)c1-c1nc(-c2ccccc2)nc(-c2ccccc2)n1. The molecule has 3 aromatic heterocycles. The quantitative estimate of drug-likeness (QED) is 0.148. The van der Waals surface area contributed by atoms with Gasteiger partial charge < -0.3 is 9.13 Å². The highest BCUT2D eigenvalue weighted by molar-refractivity contribution is 6.13. The van der Waals surface area contributed by atoms with Crippen LogP contribution in [-0.2, 0) is 0 Å². The molecular formula is C62H32N10. The lowest BCUT2D eigenvalue weighted by molar-refractivity contribution is 1.06. The van der Waals surface area contributed by atoms with E-state index in [4.69, 9.17) is 34.7 Å². The van der Waals surface area contributed by atoms with Crippen LogP contribution in [0, 0.1) is 42.4 Å². The van der Waals surface area contributed by atoms with Gasteiger partial charge in [-0.3, -0.25) is 0 Å². The first-order valence-corrected chi connectivity index (χ1v) is 22.8. The van der Waals surface area contributed by atoms with Gasteiger partial charge in [-0.05, 0) is 118 Å². The smallest absolute Gasteiger partial charge is 0.188 e. The Kier molecular flexibility index (Phi) is 10.2. The van der Waals surface area contributed by atoms with Crippen LogP contribution >= 0.6 is 0 Å². The number of hydrogen-bond donors (Lipinski definition) is 0. The van der Waals surface area contributed by atoms with Gasteiger partial charge in [-0.15, -0.1) is 0 Å². The zero-order chi connectivity index (χ0) is 48.9. The summed E-state index contributed by atoms with van der Waals surface area (Å²) in [7, 11) is 0. The Labute approximate surface area is 412 Å². The molecule has 0 saturated carbocycles. The summed E-state index contributed by atoms with van der Waals surface area (Å²) in [5, 5.41) is 23.1. The fourth-order valence-electron chi connectivity index (χ4n) is 9.78. The number of fused-ring (bicyclic) bond motifs is 6. The zero-order valence-corrected chi connectivity index (χ0v) is 37.9. The van der Waals surface area contributed by atoms with Gasteiger partial charge in [0.05, 0.1) is 82.0 Å². The summed E-state index contributed by atoms with van der Waals surface area (Å²) >= 11 is 0. The van der Waals surface area contributed by atoms with Crippen molar-refractivity contribution < 1.29 is 0 Å². The Bertz CT molecular complexity index is 4240. The van der Waals surface area contributed by atoms with Crippen LogP contribution in [0.15, 0.2) is 194 Å². The normalized spacial score (nSPS) is 11.0. The van der Waals surface area contributed by atoms with Crippen LogP contribution in [0.5, 0.6) is 0 Å². The second kappa shape index (κ2) is 17.3. The molecule has 10 heteroatoms. The Morgan fingerprint density at radius 1 is 0.361 bits per heavy atom. The first-order valence-electron chi connectivity index (χ1n) is 22.8. The fourth-order valence-corrected chi connectivity index (χ4v) is 9.78. The molecule has 0 saturated heterocycles. The molecule has 0 spiro atoms. The molecule has 0 aliphatic rings. The van der Waals surface area contributed by atoms with Gasteiger partial charge in [0.25, 0.3) is 0 Å². The molecule has 0 atom stereocenters. The molecule has 3 heterocycles. The van der Waals surface area contributed by atoms with E-state index in [0.29, 0.717) is 51.2 Å². The monoisotopic (exact) mass is 916 g/mol. The third-order valence-corrected chi connectivity index (χ3v) is 13.1. The maximum Gasteiger partial charge on any atom is 0.188 e. The van der Waals surface area contributed by atoms with Gasteiger partial charge >= 0.3 is 0 Å². The van der Waals surface area contributed by atoms with E-state index in [1.165, 1.54) is 0 Å². The van der Waals surface area contributed by atoms with E-state index in [1.54, 1.807) is 0 Å². The molecule has 330 valence electrons. The lowest BCUT2D eigenvalue weighted by atomic mass is 9.92. The average Bonchev–Trinajstić information content (AvgIpc) is 3.96. The fraction of sp³-hybridized carbons (Fsp3) is 0. The molecular weight excluding hydrogens is 885 g/mol. The minimum absolute atomic E-state index is 0.399. The highest BCUT2D eigenvalue weighted by atomic mass is 15.1. The van der Waals surface area contributed by atoms with E-state index >= 15 is 0 Å². The molecule has 0 fully saturated rings. The van der Waals surface area contributed by atoms with Crippen LogP contribution in [0.3, 0.4) is 0 Å². The standard InChI is InChI=1S/C62H32N10/c1-65-44-23-28-55-50(33-44)48-31-39(37-64)19-26-53(48)71(55)54-27-22-43(40-20-17-38(36-63)18-21-40)32-49(54)47-15-10-16-58(72-56-29-24-45(66-2)34-51(56)52-35-46(67-3)25-30-57(52)72)59(47)62-69-60(41-11-6-4-7-12-41)68-61(70-62)42-13-8-5-9-14-42/h4-35H. The maximum atomic E-state index is 10.1. The van der Waals surface area contributed by atoms with Crippen LogP contribution in [0.25, 0.3) is 126 Å². The van der Waals surface area contributed by atoms with Gasteiger partial charge in [-0.1, -0.05) is 109 Å². The molecule has 0 radical (unpaired) electrons. The van der Waals surface area contributed by atoms with Crippen molar-refractivity contribution in [2.24, 2.45) is 0 Å². The summed E-state index contributed by atoms with van der Waals surface area (Å²) in [5.41, 5.74) is 13.0. The van der Waals surface area contributed by atoms with E-state index in [-0.39, 0.29) is 0 Å². The molecule has 12 aromatic rings. The second-order valence-electron chi connectivity index (χ2n) is 17.1. The molecule has 0 amide bonds. The van der Waals surface area contributed by atoms with E-state index in [0.717, 1.165) is 88.4 Å². The number of benzene rings is 9. The van der Waals surface area contributed by atoms with Crippen molar-refractivity contribution in [2.75, 3.05) is 0 Å². The Balaban J connectivity index is 1.26. The van der Waals surface area contributed by atoms with Crippen molar-refractivity contribution in [3.05, 3.63) is 240 Å². The summed E-state index contributed by atoms with van der Waals surface area (Å²) < 4.78 is 4.35. The first-order chi connectivity index (χ1) is 35.4. The molecule has 0 unspecified atom stereocenters. The molecule has 12 rings (SSSR count). The van der Waals surface area contributed by atoms with Gasteiger partial charge in [0.15, 0.2) is 34.5 Å². The Morgan fingerprint density at radius 3 is 1.33 bits per heavy atom. The summed E-state index contributed by atoms with van der Waals surface area (Å²) in [6.07, 6.45) is 0. The lowest BCUT2D eigenvalue weighted by Crippen LogP contribution is -2.06. The Morgan fingerprint density at radius 2 is 0.819 bits per heavy atom. The van der Waals surface area contributed by atoms with Crippen LogP contribution in [0.1, 0.15) is 11.1 Å². The number of nitriles is 2. The van der Waals surface area contributed by atoms with Crippen molar-refractivity contribution in [3.8, 4) is 79.9 Å². The van der Waals surface area contributed by atoms with Crippen LogP contribution in [-0.4, -0.2) is 24.1 Å². The summed E-state index contributed by atoms with van der Waals surface area (Å²) in [6.45, 7) is 23.8. The molecule has 0 aliphatic carbocycles. The van der Waals surface area contributed by atoms with Gasteiger partial charge in [0.2, 0.25) is 0 Å². The number of nitrogens with zero attached hydrogens (tertiary/aromatic N) is 10. The minimum atomic E-state index is 0.399. The molecule has 0 aliphatic heterocycles. The summed E-state index contributed by atoms with van der Waals surface area (Å²) in [5.74, 6) is 1.35. The van der Waals surface area contributed by atoms with E-state index in [9.17, 15) is 10.5 Å². The van der Waals surface area contributed by atoms with Gasteiger partial charge in [-0.25, -0.2) is 29.5 Å². The largest absolute Gasteiger partial charge is 0.309 e. The third-order valence-electron chi connectivity index (χ3n) is 13.1. The molecule has 0 N–H and O–H groups in total. The molecule has 10 nitrogen and oxygen atoms in total. The van der Waals surface area contributed by atoms with E-state index in [2.05, 4.69) is 66.1 Å². The number of aromatic nitrogens is 5. The summed E-state index contributed by atoms with van der Waals surface area (Å²) in [4.78, 5) is 27.2. The van der Waals surface area contributed by atoms with Crippen molar-refractivity contribution in [1.29, 1.82) is 10.5 Å². The minimum Gasteiger partial charge on any atom is -0.309 e. The van der Waals surface area contributed by atoms with Crippen molar-refractivity contribution in [2.45, 2.75) is 0 Å². The average molecular weight is 917 g/mol. The first kappa shape index (κ1) is 42.4. The number of hydrogen-bond acceptors (Lipinski definition) is 5. The lowest BCUT2D eigenvalue weighted by Gasteiger charge is -2.21. The van der Waals surface area contributed by atoms with Gasteiger partial charge in [-0.2, -0.15) is 10.5 Å². The zero-order valence-electron chi connectivity index (χ0n) is 37.9. The predicted octanol–water partition coefficient (Wildman–Crippen LogP) is 15.8. The number of rotatable bonds is 7. The predicted molar refractivity (Wildman–Crippen MR) is 284 cm³/mol. The van der Waals surface area contributed by atoms with Gasteiger partial charge in [0, 0.05) is 22.1 Å². The highest BCUT2D eigenvalue weighted by Gasteiger charge is 2.26. The van der Waals surface area contributed by atoms with Gasteiger partial charge in [0.1, 0.15) is 0 Å². The summed E-state index contributed by atoms with van der Waals surface area (Å²) in [6, 6.07) is 66.8. The maximum absolute atomic E-state index is 10.1. The Hall–Kier alpha value is -11.0. The van der Waals surface area contributed by atoms with E-state index in [1.807, 2.05) is 164 Å².